The Morgan fingerprint density at radius 1 is 0.706 bits per heavy atom. The van der Waals surface area contributed by atoms with E-state index in [0.29, 0.717) is 11.7 Å². The zero-order valence-electron chi connectivity index (χ0n) is 11.3. The first-order chi connectivity index (χ1) is 8.38. The lowest BCUT2D eigenvalue weighted by atomic mass is 10.0. The number of hydrogen-bond acceptors (Lipinski definition) is 1. The Labute approximate surface area is 106 Å². The first kappa shape index (κ1) is 13.1. The molecule has 0 heterocycles. The molecule has 2 fully saturated rings. The summed E-state index contributed by atoms with van der Waals surface area (Å²) in [7, 11) is 0. The largest absolute Gasteiger partial charge is 0.299 e. The van der Waals surface area contributed by atoms with Crippen molar-refractivity contribution in [2.45, 2.75) is 83.5 Å². The summed E-state index contributed by atoms with van der Waals surface area (Å²) in [5.41, 5.74) is 0. The first-order valence-electron chi connectivity index (χ1n) is 7.90. The normalized spacial score (nSPS) is 33.3. The number of hydrogen-bond donors (Lipinski definition) is 0. The molecule has 0 aromatic heterocycles. The van der Waals surface area contributed by atoms with E-state index >= 15 is 0 Å². The topological polar surface area (TPSA) is 17.1 Å². The van der Waals surface area contributed by atoms with Crippen LogP contribution in [0.5, 0.6) is 0 Å². The van der Waals surface area contributed by atoms with Crippen molar-refractivity contribution in [3.05, 3.63) is 0 Å². The van der Waals surface area contributed by atoms with Crippen molar-refractivity contribution in [2.75, 3.05) is 0 Å². The van der Waals surface area contributed by atoms with Crippen LogP contribution in [0.25, 0.3) is 0 Å². The Morgan fingerprint density at radius 2 is 1.24 bits per heavy atom. The van der Waals surface area contributed by atoms with E-state index in [1.165, 1.54) is 70.6 Å². The summed E-state index contributed by atoms with van der Waals surface area (Å²) < 4.78 is 0. The smallest absolute Gasteiger partial charge is 0.136 e. The van der Waals surface area contributed by atoms with Gasteiger partial charge in [0.25, 0.3) is 0 Å². The van der Waals surface area contributed by atoms with Crippen LogP contribution in [0, 0.1) is 11.8 Å². The third kappa shape index (κ3) is 4.81. The van der Waals surface area contributed by atoms with Gasteiger partial charge in [0, 0.05) is 12.3 Å². The van der Waals surface area contributed by atoms with Gasteiger partial charge >= 0.3 is 0 Å². The molecule has 0 bridgehead atoms. The van der Waals surface area contributed by atoms with Gasteiger partial charge in [-0.25, -0.2) is 0 Å². The lowest BCUT2D eigenvalue weighted by Crippen LogP contribution is -2.02. The standard InChI is InChI=1S/C16H28O/c17-16-12-10-8-6-4-2-1-3-5-7-9-11-14-13-15(14)16/h14-15H,1-13H2. The predicted molar refractivity (Wildman–Crippen MR) is 72.0 cm³/mol. The maximum Gasteiger partial charge on any atom is 0.136 e. The highest BCUT2D eigenvalue weighted by molar-refractivity contribution is 5.83. The summed E-state index contributed by atoms with van der Waals surface area (Å²) >= 11 is 0. The molecule has 1 heteroatoms. The second-order valence-electron chi connectivity index (χ2n) is 6.14. The van der Waals surface area contributed by atoms with Crippen LogP contribution in [0.4, 0.5) is 0 Å². The lowest BCUT2D eigenvalue weighted by Gasteiger charge is -2.01. The molecule has 0 N–H and O–H groups in total. The van der Waals surface area contributed by atoms with E-state index in [1.54, 1.807) is 0 Å². The van der Waals surface area contributed by atoms with Crippen molar-refractivity contribution in [3.63, 3.8) is 0 Å². The Kier molecular flexibility index (Phi) is 5.54. The van der Waals surface area contributed by atoms with Crippen LogP contribution in [-0.2, 0) is 4.79 Å². The highest BCUT2D eigenvalue weighted by Gasteiger charge is 2.40. The minimum atomic E-state index is 0.486. The average molecular weight is 236 g/mol. The predicted octanol–water partition coefficient (Wildman–Crippen LogP) is 4.89. The minimum absolute atomic E-state index is 0.486. The molecule has 2 rings (SSSR count). The Morgan fingerprint density at radius 3 is 1.88 bits per heavy atom. The van der Waals surface area contributed by atoms with Crippen molar-refractivity contribution in [1.29, 1.82) is 0 Å². The molecule has 1 nitrogen and oxygen atoms in total. The van der Waals surface area contributed by atoms with Gasteiger partial charge in [-0.05, 0) is 25.2 Å². The molecule has 0 amide bonds. The number of carbonyl (C=O) groups excluding carboxylic acids is 1. The fourth-order valence-electron chi connectivity index (χ4n) is 3.27. The van der Waals surface area contributed by atoms with E-state index in [2.05, 4.69) is 0 Å². The minimum Gasteiger partial charge on any atom is -0.299 e. The molecule has 0 aliphatic heterocycles. The summed E-state index contributed by atoms with van der Waals surface area (Å²) in [4.78, 5) is 11.9. The fraction of sp³-hybridized carbons (Fsp3) is 0.938. The average Bonchev–Trinajstić information content (AvgIpc) is 3.08. The molecule has 2 aliphatic carbocycles. The molecule has 0 aromatic rings. The summed E-state index contributed by atoms with van der Waals surface area (Å²) in [6.45, 7) is 0. The monoisotopic (exact) mass is 236 g/mol. The van der Waals surface area contributed by atoms with Gasteiger partial charge in [-0.1, -0.05) is 57.8 Å². The van der Waals surface area contributed by atoms with E-state index in [-0.39, 0.29) is 0 Å². The van der Waals surface area contributed by atoms with Crippen LogP contribution >= 0.6 is 0 Å². The van der Waals surface area contributed by atoms with Gasteiger partial charge in [0.2, 0.25) is 0 Å². The maximum atomic E-state index is 11.9. The molecular weight excluding hydrogens is 208 g/mol. The Balaban J connectivity index is 1.69. The second-order valence-corrected chi connectivity index (χ2v) is 6.14. The summed E-state index contributed by atoms with van der Waals surface area (Å²) in [5.74, 6) is 1.86. The van der Waals surface area contributed by atoms with Gasteiger partial charge in [0.05, 0.1) is 0 Å². The van der Waals surface area contributed by atoms with Crippen LogP contribution in [0.3, 0.4) is 0 Å². The summed E-state index contributed by atoms with van der Waals surface area (Å²) in [6, 6.07) is 0. The molecule has 2 aliphatic rings. The lowest BCUT2D eigenvalue weighted by molar-refractivity contribution is -0.120. The zero-order chi connectivity index (χ0) is 11.9. The van der Waals surface area contributed by atoms with Gasteiger partial charge in [-0.3, -0.25) is 4.79 Å². The molecule has 0 aromatic carbocycles. The fourth-order valence-corrected chi connectivity index (χ4v) is 3.27. The molecular formula is C16H28O. The second kappa shape index (κ2) is 7.18. The highest BCUT2D eigenvalue weighted by atomic mass is 16.1. The first-order valence-corrected chi connectivity index (χ1v) is 7.90. The number of carbonyl (C=O) groups is 1. The van der Waals surface area contributed by atoms with Gasteiger partial charge in [-0.2, -0.15) is 0 Å². The molecule has 0 radical (unpaired) electrons. The zero-order valence-corrected chi connectivity index (χ0v) is 11.3. The van der Waals surface area contributed by atoms with E-state index < -0.39 is 0 Å². The molecule has 2 saturated carbocycles. The van der Waals surface area contributed by atoms with Crippen molar-refractivity contribution in [1.82, 2.24) is 0 Å². The van der Waals surface area contributed by atoms with Crippen LogP contribution in [0.15, 0.2) is 0 Å². The van der Waals surface area contributed by atoms with Gasteiger partial charge < -0.3 is 0 Å². The molecule has 17 heavy (non-hydrogen) atoms. The maximum absolute atomic E-state index is 11.9. The van der Waals surface area contributed by atoms with Crippen LogP contribution in [0.1, 0.15) is 83.5 Å². The van der Waals surface area contributed by atoms with Crippen molar-refractivity contribution < 1.29 is 4.79 Å². The van der Waals surface area contributed by atoms with E-state index in [0.717, 1.165) is 18.8 Å². The van der Waals surface area contributed by atoms with Crippen molar-refractivity contribution >= 4 is 5.78 Å². The van der Waals surface area contributed by atoms with Crippen LogP contribution in [0.2, 0.25) is 0 Å². The molecule has 0 spiro atoms. The molecule has 0 saturated heterocycles. The summed E-state index contributed by atoms with van der Waals surface area (Å²) in [5, 5.41) is 0. The van der Waals surface area contributed by atoms with Gasteiger partial charge in [0.1, 0.15) is 5.78 Å². The van der Waals surface area contributed by atoms with Crippen LogP contribution in [-0.4, -0.2) is 5.78 Å². The summed E-state index contributed by atoms with van der Waals surface area (Å²) in [6.07, 6.45) is 17.1. The third-order valence-corrected chi connectivity index (χ3v) is 4.58. The third-order valence-electron chi connectivity index (χ3n) is 4.58. The van der Waals surface area contributed by atoms with E-state index in [4.69, 9.17) is 0 Å². The Hall–Kier alpha value is -0.330. The number of rotatable bonds is 0. The van der Waals surface area contributed by atoms with Crippen molar-refractivity contribution in [3.8, 4) is 0 Å². The molecule has 98 valence electrons. The SMILES string of the molecule is O=C1CCCCCCCCCCCCC2CC12. The Bertz CT molecular complexity index is 234. The number of Topliss-reactive ketones (excluding diaryl/α,β-unsaturated/α-hetero) is 1. The van der Waals surface area contributed by atoms with E-state index in [9.17, 15) is 4.79 Å². The number of ketones is 1. The van der Waals surface area contributed by atoms with E-state index in [1.807, 2.05) is 0 Å². The van der Waals surface area contributed by atoms with Gasteiger partial charge in [-0.15, -0.1) is 0 Å². The number of fused-ring (bicyclic) bond motifs is 1. The quantitative estimate of drug-likeness (QED) is 0.585. The molecule has 2 unspecified atom stereocenters. The van der Waals surface area contributed by atoms with Crippen molar-refractivity contribution in [2.24, 2.45) is 11.8 Å². The van der Waals surface area contributed by atoms with Gasteiger partial charge in [0.15, 0.2) is 0 Å². The highest BCUT2D eigenvalue weighted by Crippen LogP contribution is 2.44. The van der Waals surface area contributed by atoms with Crippen LogP contribution < -0.4 is 0 Å². The molecule has 2 atom stereocenters.